The van der Waals surface area contributed by atoms with Crippen LogP contribution in [0.25, 0.3) is 0 Å². The van der Waals surface area contributed by atoms with Gasteiger partial charge >= 0.3 is 0 Å². The Morgan fingerprint density at radius 1 is 1.53 bits per heavy atom. The quantitative estimate of drug-likeness (QED) is 0.899. The van der Waals surface area contributed by atoms with Gasteiger partial charge in [0.15, 0.2) is 0 Å². The Morgan fingerprint density at radius 2 is 2.13 bits per heavy atom. The predicted molar refractivity (Wildman–Crippen MR) is 67.0 cm³/mol. The molecule has 0 unspecified atom stereocenters. The Balaban J connectivity index is 0.00000196. The van der Waals surface area contributed by atoms with Crippen molar-refractivity contribution < 1.29 is 5.11 Å². The Labute approximate surface area is 105 Å². The number of aromatic nitrogens is 1. The highest BCUT2D eigenvalue weighted by Gasteiger charge is 2.27. The van der Waals surface area contributed by atoms with Crippen LogP contribution in [0.4, 0.5) is 0 Å². The van der Waals surface area contributed by atoms with Crippen LogP contribution in [-0.4, -0.2) is 16.7 Å². The van der Waals surface area contributed by atoms with Crippen LogP contribution in [0.3, 0.4) is 0 Å². The van der Waals surface area contributed by atoms with Gasteiger partial charge in [-0.05, 0) is 27.6 Å². The summed E-state index contributed by atoms with van der Waals surface area (Å²) in [6, 6.07) is 1.72. The average Bonchev–Trinajstić information content (AvgIpc) is 2.16. The third-order valence-corrected chi connectivity index (χ3v) is 2.77. The first-order valence-corrected chi connectivity index (χ1v) is 5.23. The molecule has 1 atom stereocenters. The molecule has 1 rings (SSSR count). The van der Waals surface area contributed by atoms with E-state index >= 15 is 0 Å². The number of nitrogens with zero attached hydrogens (tertiary/aromatic N) is 1. The second-order valence-electron chi connectivity index (χ2n) is 4.06. The Kier molecular flexibility index (Phi) is 5.73. The van der Waals surface area contributed by atoms with Crippen molar-refractivity contribution in [1.29, 1.82) is 0 Å². The molecule has 0 spiro atoms. The van der Waals surface area contributed by atoms with Gasteiger partial charge in [0.05, 0.1) is 0 Å². The minimum atomic E-state index is -0.331. The van der Waals surface area contributed by atoms with Gasteiger partial charge < -0.3 is 10.8 Å². The van der Waals surface area contributed by atoms with Crippen molar-refractivity contribution in [3.05, 3.63) is 28.5 Å². The summed E-state index contributed by atoms with van der Waals surface area (Å²) in [7, 11) is 0. The first kappa shape index (κ1) is 14.8. The third-order valence-electron chi connectivity index (χ3n) is 2.33. The second-order valence-corrected chi connectivity index (χ2v) is 4.98. The highest BCUT2D eigenvalue weighted by Crippen LogP contribution is 2.30. The maximum absolute atomic E-state index is 9.18. The van der Waals surface area contributed by atoms with Crippen LogP contribution in [0, 0.1) is 5.41 Å². The van der Waals surface area contributed by atoms with E-state index in [-0.39, 0.29) is 30.5 Å². The maximum Gasteiger partial charge on any atom is 0.0500 e. The van der Waals surface area contributed by atoms with Crippen molar-refractivity contribution in [2.24, 2.45) is 11.1 Å². The van der Waals surface area contributed by atoms with Gasteiger partial charge in [-0.15, -0.1) is 12.4 Å². The van der Waals surface area contributed by atoms with E-state index < -0.39 is 0 Å². The fraction of sp³-hybridized carbons (Fsp3) is 0.500. The summed E-state index contributed by atoms with van der Waals surface area (Å²) in [5.74, 6) is 0. The number of nitrogens with two attached hydrogens (primary N) is 1. The summed E-state index contributed by atoms with van der Waals surface area (Å²) in [5.41, 5.74) is 6.63. The van der Waals surface area contributed by atoms with Gasteiger partial charge in [-0.1, -0.05) is 13.8 Å². The normalized spacial score (nSPS) is 13.1. The molecule has 0 aliphatic heterocycles. The molecule has 0 radical (unpaired) electrons. The number of hydrogen-bond donors (Lipinski definition) is 2. The van der Waals surface area contributed by atoms with Crippen LogP contribution in [0.5, 0.6) is 0 Å². The maximum atomic E-state index is 9.18. The molecule has 0 amide bonds. The van der Waals surface area contributed by atoms with E-state index in [4.69, 9.17) is 5.73 Å². The zero-order valence-corrected chi connectivity index (χ0v) is 11.2. The SMILES string of the molecule is CC(C)(CO)[C@H](N)c1cncc(Br)c1.Cl. The number of halogens is 2. The molecule has 0 saturated carbocycles. The van der Waals surface area contributed by atoms with Crippen molar-refractivity contribution in [3.63, 3.8) is 0 Å². The molecule has 0 aromatic carbocycles. The van der Waals surface area contributed by atoms with Crippen molar-refractivity contribution in [2.45, 2.75) is 19.9 Å². The van der Waals surface area contributed by atoms with Crippen molar-refractivity contribution in [2.75, 3.05) is 6.61 Å². The molecule has 0 fully saturated rings. The number of aliphatic hydroxyl groups is 1. The summed E-state index contributed by atoms with van der Waals surface area (Å²) in [6.45, 7) is 3.91. The Bertz CT molecular complexity index is 320. The summed E-state index contributed by atoms with van der Waals surface area (Å²) in [6.07, 6.45) is 3.44. The van der Waals surface area contributed by atoms with Gasteiger partial charge in [0.25, 0.3) is 0 Å². The first-order chi connectivity index (χ1) is 6.47. The van der Waals surface area contributed by atoms with Crippen LogP contribution in [0.15, 0.2) is 22.9 Å². The largest absolute Gasteiger partial charge is 0.396 e. The molecule has 0 aliphatic carbocycles. The van der Waals surface area contributed by atoms with E-state index in [0.29, 0.717) is 0 Å². The lowest BCUT2D eigenvalue weighted by Crippen LogP contribution is -2.32. The van der Waals surface area contributed by atoms with Crippen molar-refractivity contribution >= 4 is 28.3 Å². The van der Waals surface area contributed by atoms with E-state index in [9.17, 15) is 5.11 Å². The van der Waals surface area contributed by atoms with Gasteiger partial charge in [0.2, 0.25) is 0 Å². The molecule has 0 bridgehead atoms. The molecular formula is C10H16BrClN2O. The molecule has 0 aliphatic rings. The van der Waals surface area contributed by atoms with E-state index in [1.54, 1.807) is 12.4 Å². The van der Waals surface area contributed by atoms with E-state index in [1.165, 1.54) is 0 Å². The molecule has 1 heterocycles. The van der Waals surface area contributed by atoms with Crippen LogP contribution < -0.4 is 5.73 Å². The molecule has 5 heteroatoms. The topological polar surface area (TPSA) is 59.1 Å². The molecule has 1 aromatic heterocycles. The summed E-state index contributed by atoms with van der Waals surface area (Å²) in [4.78, 5) is 4.04. The lowest BCUT2D eigenvalue weighted by atomic mass is 9.82. The minimum Gasteiger partial charge on any atom is -0.396 e. The fourth-order valence-electron chi connectivity index (χ4n) is 1.15. The lowest BCUT2D eigenvalue weighted by molar-refractivity contribution is 0.132. The molecule has 15 heavy (non-hydrogen) atoms. The highest BCUT2D eigenvalue weighted by molar-refractivity contribution is 9.10. The number of hydrogen-bond acceptors (Lipinski definition) is 3. The number of rotatable bonds is 3. The molecule has 3 N–H and O–H groups in total. The molecule has 86 valence electrons. The Morgan fingerprint density at radius 3 is 2.60 bits per heavy atom. The van der Waals surface area contributed by atoms with Crippen LogP contribution in [0.1, 0.15) is 25.5 Å². The summed E-state index contributed by atoms with van der Waals surface area (Å²) >= 11 is 3.34. The van der Waals surface area contributed by atoms with Gasteiger partial charge in [-0.2, -0.15) is 0 Å². The second kappa shape index (κ2) is 5.80. The van der Waals surface area contributed by atoms with E-state index in [1.807, 2.05) is 19.9 Å². The lowest BCUT2D eigenvalue weighted by Gasteiger charge is -2.29. The summed E-state index contributed by atoms with van der Waals surface area (Å²) < 4.78 is 0.902. The predicted octanol–water partition coefficient (Wildman–Crippen LogP) is 2.28. The number of aliphatic hydroxyl groups excluding tert-OH is 1. The van der Waals surface area contributed by atoms with E-state index in [0.717, 1.165) is 10.0 Å². The zero-order valence-electron chi connectivity index (χ0n) is 8.77. The van der Waals surface area contributed by atoms with Crippen molar-refractivity contribution in [3.8, 4) is 0 Å². The highest BCUT2D eigenvalue weighted by atomic mass is 79.9. The minimum absolute atomic E-state index is 0. The Hall–Kier alpha value is -0.160. The zero-order chi connectivity index (χ0) is 10.8. The van der Waals surface area contributed by atoms with Crippen LogP contribution in [-0.2, 0) is 0 Å². The summed E-state index contributed by atoms with van der Waals surface area (Å²) in [5, 5.41) is 9.18. The van der Waals surface area contributed by atoms with Crippen LogP contribution >= 0.6 is 28.3 Å². The van der Waals surface area contributed by atoms with Crippen LogP contribution in [0.2, 0.25) is 0 Å². The molecular weight excluding hydrogens is 279 g/mol. The van der Waals surface area contributed by atoms with Gasteiger partial charge in [0.1, 0.15) is 0 Å². The fourth-order valence-corrected chi connectivity index (χ4v) is 1.53. The van der Waals surface area contributed by atoms with Crippen molar-refractivity contribution in [1.82, 2.24) is 4.98 Å². The molecule has 1 aromatic rings. The first-order valence-electron chi connectivity index (χ1n) is 4.44. The third kappa shape index (κ3) is 3.72. The van der Waals surface area contributed by atoms with Gasteiger partial charge in [-0.3, -0.25) is 4.98 Å². The molecule has 0 saturated heterocycles. The smallest absolute Gasteiger partial charge is 0.0500 e. The average molecular weight is 296 g/mol. The monoisotopic (exact) mass is 294 g/mol. The van der Waals surface area contributed by atoms with Gasteiger partial charge in [-0.25, -0.2) is 0 Å². The van der Waals surface area contributed by atoms with Gasteiger partial charge in [0, 0.05) is 34.9 Å². The number of pyridine rings is 1. The van der Waals surface area contributed by atoms with E-state index in [2.05, 4.69) is 20.9 Å². The standard InChI is InChI=1S/C10H15BrN2O.ClH/c1-10(2,6-14)9(12)7-3-8(11)5-13-4-7;/h3-5,9,14H,6,12H2,1-2H3;1H/t9-;/m1./s1. The molecule has 3 nitrogen and oxygen atoms in total.